The van der Waals surface area contributed by atoms with Gasteiger partial charge in [0.15, 0.2) is 5.40 Å². The van der Waals surface area contributed by atoms with Crippen molar-refractivity contribution in [3.8, 4) is 0 Å². The predicted molar refractivity (Wildman–Crippen MR) is 56.0 cm³/mol. The van der Waals surface area contributed by atoms with Gasteiger partial charge in [-0.2, -0.15) is 0 Å². The summed E-state index contributed by atoms with van der Waals surface area (Å²) in [4.78, 5) is 39.1. The third kappa shape index (κ3) is 3.85. The van der Waals surface area contributed by atoms with Gasteiger partial charge in [0.25, 0.3) is 0 Å². The van der Waals surface area contributed by atoms with Crippen LogP contribution in [0.1, 0.15) is 0 Å². The first-order valence-corrected chi connectivity index (χ1v) is 7.65. The molecule has 0 unspecified atom stereocenters. The highest BCUT2D eigenvalue weighted by Crippen LogP contribution is 2.60. The number of hydrogen-bond acceptors (Lipinski definition) is 4. The Labute approximate surface area is 95.6 Å². The van der Waals surface area contributed by atoms with Crippen LogP contribution in [-0.2, 0) is 15.7 Å². The Morgan fingerprint density at radius 2 is 1.82 bits per heavy atom. The second-order valence-electron chi connectivity index (χ2n) is 3.25. The molecule has 1 rings (SSSR count). The van der Waals surface area contributed by atoms with Crippen LogP contribution in [0.3, 0.4) is 0 Å². The third-order valence-corrected chi connectivity index (χ3v) is 5.64. The summed E-state index contributed by atoms with van der Waals surface area (Å²) in [6.45, 7) is -0.679. The zero-order valence-corrected chi connectivity index (χ0v) is 10.2. The fourth-order valence-electron chi connectivity index (χ4n) is 1.13. The zero-order valence-electron chi connectivity index (χ0n) is 8.41. The van der Waals surface area contributed by atoms with Gasteiger partial charge in [-0.3, -0.25) is 14.5 Å². The summed E-state index contributed by atoms with van der Waals surface area (Å²) < 4.78 is 22.9. The second-order valence-corrected chi connectivity index (χ2v) is 7.26. The Morgan fingerprint density at radius 3 is 2.24 bits per heavy atom. The molecule has 0 saturated heterocycles. The van der Waals surface area contributed by atoms with Crippen LogP contribution in [0.15, 0.2) is 18.5 Å². The van der Waals surface area contributed by atoms with Gasteiger partial charge in [-0.05, 0) is 6.07 Å². The van der Waals surface area contributed by atoms with Crippen LogP contribution in [0.25, 0.3) is 0 Å². The lowest BCUT2D eigenvalue weighted by Crippen LogP contribution is -2.28. The van der Waals surface area contributed by atoms with E-state index in [0.29, 0.717) is 0 Å². The molecule has 0 saturated carbocycles. The van der Waals surface area contributed by atoms with Gasteiger partial charge >= 0.3 is 15.2 Å². The Bertz CT molecular complexity index is 523. The maximum atomic E-state index is 11.0. The van der Waals surface area contributed by atoms with E-state index in [0.717, 1.165) is 4.57 Å². The fourth-order valence-corrected chi connectivity index (χ4v) is 3.48. The Balaban J connectivity index is 3.14. The van der Waals surface area contributed by atoms with E-state index in [1.54, 1.807) is 0 Å². The quantitative estimate of drug-likeness (QED) is 0.445. The van der Waals surface area contributed by atoms with Gasteiger partial charge in [-0.15, -0.1) is 0 Å². The van der Waals surface area contributed by atoms with Crippen molar-refractivity contribution in [3.05, 3.63) is 24.1 Å². The van der Waals surface area contributed by atoms with Crippen LogP contribution >= 0.6 is 15.2 Å². The van der Waals surface area contributed by atoms with Crippen LogP contribution in [0, 0.1) is 5.41 Å². The fraction of sp³-hybridized carbons (Fsp3) is 0.333. The molecule has 1 aromatic heterocycles. The first-order valence-electron chi connectivity index (χ1n) is 4.29. The van der Waals surface area contributed by atoms with Crippen molar-refractivity contribution in [1.29, 1.82) is 5.41 Å². The minimum atomic E-state index is -4.98. The van der Waals surface area contributed by atoms with Gasteiger partial charge in [-0.1, -0.05) is 0 Å². The van der Waals surface area contributed by atoms with Crippen LogP contribution < -0.4 is 5.62 Å². The van der Waals surface area contributed by atoms with E-state index in [1.165, 1.54) is 18.5 Å². The average Bonchev–Trinajstić information content (AvgIpc) is 2.12. The summed E-state index contributed by atoms with van der Waals surface area (Å²) in [5.74, 6) is 0. The number of rotatable bonds is 4. The van der Waals surface area contributed by atoms with Crippen molar-refractivity contribution in [2.24, 2.45) is 0 Å². The topological polar surface area (TPSA) is 157 Å². The molecule has 0 aliphatic carbocycles. The monoisotopic (exact) mass is 283 g/mol. The van der Waals surface area contributed by atoms with Crippen LogP contribution in [-0.4, -0.2) is 34.5 Å². The van der Waals surface area contributed by atoms with Crippen LogP contribution in [0.4, 0.5) is 0 Å². The molecule has 0 fully saturated rings. The first-order chi connectivity index (χ1) is 7.62. The van der Waals surface area contributed by atoms with Crippen molar-refractivity contribution in [1.82, 2.24) is 9.55 Å². The molecule has 0 radical (unpaired) electrons. The summed E-state index contributed by atoms with van der Waals surface area (Å²) in [6.07, 6.45) is 2.54. The van der Waals surface area contributed by atoms with E-state index in [4.69, 9.17) is 25.0 Å². The normalized spacial score (nSPS) is 13.0. The van der Waals surface area contributed by atoms with Gasteiger partial charge < -0.3 is 24.1 Å². The molecular weight excluding hydrogens is 272 g/mol. The molecule has 0 bridgehead atoms. The minimum Gasteiger partial charge on any atom is -0.324 e. The first kappa shape index (κ1) is 14.2. The molecule has 0 amide bonds. The summed E-state index contributed by atoms with van der Waals surface area (Å²) in [7, 11) is -9.96. The summed E-state index contributed by atoms with van der Waals surface area (Å²) in [5.41, 5.74) is -0.348. The van der Waals surface area contributed by atoms with Crippen molar-refractivity contribution < 1.29 is 28.7 Å². The standard InChI is InChI=1S/C6H11N3O6P2/c7-6-8-2-1-3-9(6)4-5(16(10,11)12)17(13,14)15/h1-3,5,7H,4H2,(H2,10,11,12)(H2,13,14,15). The van der Waals surface area contributed by atoms with Gasteiger partial charge in [0.1, 0.15) is 0 Å². The summed E-state index contributed by atoms with van der Waals surface area (Å²) in [5, 5.41) is 5.15. The third-order valence-electron chi connectivity index (χ3n) is 1.96. The molecule has 0 atom stereocenters. The second kappa shape index (κ2) is 4.81. The van der Waals surface area contributed by atoms with E-state index in [1.807, 2.05) is 0 Å². The highest BCUT2D eigenvalue weighted by Gasteiger charge is 2.43. The maximum Gasteiger partial charge on any atom is 0.342 e. The molecule has 96 valence electrons. The average molecular weight is 283 g/mol. The predicted octanol–water partition coefficient (Wildman–Crippen LogP) is -0.956. The summed E-state index contributed by atoms with van der Waals surface area (Å²) >= 11 is 0. The maximum absolute atomic E-state index is 11.0. The molecule has 0 aliphatic rings. The molecule has 0 aromatic carbocycles. The molecule has 11 heteroatoms. The Morgan fingerprint density at radius 1 is 1.29 bits per heavy atom. The van der Waals surface area contributed by atoms with Crippen LogP contribution in [0.2, 0.25) is 0 Å². The van der Waals surface area contributed by atoms with Gasteiger partial charge in [0, 0.05) is 12.4 Å². The number of nitrogens with one attached hydrogen (secondary N) is 1. The highest BCUT2D eigenvalue weighted by molar-refractivity contribution is 7.70. The van der Waals surface area contributed by atoms with E-state index in [9.17, 15) is 9.13 Å². The lowest BCUT2D eigenvalue weighted by molar-refractivity contribution is 0.331. The van der Waals surface area contributed by atoms with Gasteiger partial charge in [0.05, 0.1) is 6.54 Å². The SMILES string of the molecule is N=c1ncccn1CC(P(=O)(O)O)P(=O)(O)O. The highest BCUT2D eigenvalue weighted by atomic mass is 31.2. The summed E-state index contributed by atoms with van der Waals surface area (Å²) in [6, 6.07) is 1.38. The molecule has 17 heavy (non-hydrogen) atoms. The van der Waals surface area contributed by atoms with Crippen molar-refractivity contribution in [2.75, 3.05) is 0 Å². The lowest BCUT2D eigenvalue weighted by atomic mass is 10.6. The van der Waals surface area contributed by atoms with Crippen LogP contribution in [0.5, 0.6) is 0 Å². The van der Waals surface area contributed by atoms with E-state index >= 15 is 0 Å². The van der Waals surface area contributed by atoms with Gasteiger partial charge in [-0.25, -0.2) is 4.98 Å². The largest absolute Gasteiger partial charge is 0.342 e. The molecule has 9 nitrogen and oxygen atoms in total. The number of aromatic nitrogens is 2. The molecular formula is C6H11N3O6P2. The Kier molecular flexibility index (Phi) is 4.03. The molecule has 5 N–H and O–H groups in total. The Hall–Kier alpha value is -0.820. The molecule has 0 spiro atoms. The van der Waals surface area contributed by atoms with Crippen molar-refractivity contribution >= 4 is 15.2 Å². The number of nitrogens with zero attached hydrogens (tertiary/aromatic N) is 2. The molecule has 0 aliphatic heterocycles. The zero-order chi connectivity index (χ0) is 13.3. The molecule has 1 aromatic rings. The molecule has 1 heterocycles. The van der Waals surface area contributed by atoms with Gasteiger partial charge in [0.2, 0.25) is 5.62 Å². The number of hydrogen-bond donors (Lipinski definition) is 5. The van der Waals surface area contributed by atoms with E-state index < -0.39 is 27.1 Å². The van der Waals surface area contributed by atoms with E-state index in [2.05, 4.69) is 4.98 Å². The lowest BCUT2D eigenvalue weighted by Gasteiger charge is -2.20. The van der Waals surface area contributed by atoms with Crippen molar-refractivity contribution in [2.45, 2.75) is 11.9 Å². The smallest absolute Gasteiger partial charge is 0.324 e. The van der Waals surface area contributed by atoms with E-state index in [-0.39, 0.29) is 5.62 Å². The van der Waals surface area contributed by atoms with Crippen molar-refractivity contribution in [3.63, 3.8) is 0 Å². The minimum absolute atomic E-state index is 0.348.